The minimum Gasteiger partial charge on any atom is -0.389 e. The van der Waals surface area contributed by atoms with E-state index in [0.29, 0.717) is 5.92 Å². The molecule has 1 rings (SSSR count). The Bertz CT molecular complexity index is 174. The van der Waals surface area contributed by atoms with E-state index in [1.807, 2.05) is 0 Å². The monoisotopic (exact) mass is 235 g/mol. The number of nitrogens with two attached hydrogens (primary N) is 1. The molecule has 1 aliphatic carbocycles. The molecule has 0 heterocycles. The van der Waals surface area contributed by atoms with Crippen molar-refractivity contribution in [2.75, 3.05) is 5.88 Å². The molecule has 0 saturated heterocycles. The Kier molecular flexibility index (Phi) is 5.90. The van der Waals surface area contributed by atoms with Crippen LogP contribution in [-0.4, -0.2) is 34.3 Å². The fourth-order valence-electron chi connectivity index (χ4n) is 2.32. The highest BCUT2D eigenvalue weighted by Crippen LogP contribution is 2.27. The quantitative estimate of drug-likeness (QED) is 0.629. The molecule has 3 atom stereocenters. The molecule has 0 radical (unpaired) electrons. The average Bonchev–Trinajstić information content (AvgIpc) is 2.28. The van der Waals surface area contributed by atoms with Crippen LogP contribution in [0.4, 0.5) is 0 Å². The molecular formula is C11H22ClNO2. The molecule has 3 nitrogen and oxygen atoms in total. The van der Waals surface area contributed by atoms with E-state index >= 15 is 0 Å². The van der Waals surface area contributed by atoms with Crippen molar-refractivity contribution in [1.29, 1.82) is 0 Å². The van der Waals surface area contributed by atoms with Crippen LogP contribution in [0.25, 0.3) is 0 Å². The molecular weight excluding hydrogens is 214 g/mol. The highest BCUT2D eigenvalue weighted by Gasteiger charge is 2.25. The van der Waals surface area contributed by atoms with Crippen molar-refractivity contribution < 1.29 is 10.2 Å². The molecule has 15 heavy (non-hydrogen) atoms. The lowest BCUT2D eigenvalue weighted by molar-refractivity contribution is 0.0109. The Morgan fingerprint density at radius 2 is 1.80 bits per heavy atom. The van der Waals surface area contributed by atoms with E-state index < -0.39 is 12.2 Å². The number of aliphatic hydroxyl groups excluding tert-OH is 2. The van der Waals surface area contributed by atoms with Crippen molar-refractivity contribution >= 4 is 11.6 Å². The number of alkyl halides is 1. The molecule has 0 unspecified atom stereocenters. The van der Waals surface area contributed by atoms with E-state index in [9.17, 15) is 10.2 Å². The molecule has 0 aromatic carbocycles. The maximum Gasteiger partial charge on any atom is 0.0961 e. The van der Waals surface area contributed by atoms with Crippen LogP contribution in [0.1, 0.15) is 38.5 Å². The largest absolute Gasteiger partial charge is 0.389 e. The third-order valence-corrected chi connectivity index (χ3v) is 3.64. The number of halogens is 1. The molecule has 1 aliphatic rings. The SMILES string of the molecule is N[C@@H](CC1CCCCC1)[C@H](O)[C@@H](O)CCl. The highest BCUT2D eigenvalue weighted by molar-refractivity contribution is 6.18. The third-order valence-electron chi connectivity index (χ3n) is 3.32. The minimum absolute atomic E-state index is 0.0412. The van der Waals surface area contributed by atoms with Gasteiger partial charge in [-0.25, -0.2) is 0 Å². The summed E-state index contributed by atoms with van der Waals surface area (Å²) in [6.07, 6.45) is 5.29. The van der Waals surface area contributed by atoms with Crippen molar-refractivity contribution in [3.05, 3.63) is 0 Å². The van der Waals surface area contributed by atoms with Crippen molar-refractivity contribution in [2.45, 2.75) is 56.8 Å². The van der Waals surface area contributed by atoms with Crippen LogP contribution in [-0.2, 0) is 0 Å². The van der Waals surface area contributed by atoms with Crippen LogP contribution in [0.3, 0.4) is 0 Å². The van der Waals surface area contributed by atoms with Gasteiger partial charge in [0.1, 0.15) is 0 Å². The van der Waals surface area contributed by atoms with Gasteiger partial charge < -0.3 is 15.9 Å². The molecule has 4 heteroatoms. The molecule has 1 fully saturated rings. The van der Waals surface area contributed by atoms with Gasteiger partial charge in [-0.05, 0) is 12.3 Å². The maximum atomic E-state index is 9.66. The molecule has 0 amide bonds. The van der Waals surface area contributed by atoms with Crippen LogP contribution in [0.2, 0.25) is 0 Å². The van der Waals surface area contributed by atoms with Gasteiger partial charge in [-0.1, -0.05) is 32.1 Å². The van der Waals surface area contributed by atoms with E-state index in [1.54, 1.807) is 0 Å². The first-order valence-corrected chi connectivity index (χ1v) is 6.36. The third kappa shape index (κ3) is 4.27. The average molecular weight is 236 g/mol. The van der Waals surface area contributed by atoms with E-state index in [2.05, 4.69) is 0 Å². The van der Waals surface area contributed by atoms with Crippen LogP contribution in [0.5, 0.6) is 0 Å². The van der Waals surface area contributed by atoms with E-state index in [-0.39, 0.29) is 11.9 Å². The number of hydrogen-bond donors (Lipinski definition) is 3. The van der Waals surface area contributed by atoms with Gasteiger partial charge in [0.25, 0.3) is 0 Å². The summed E-state index contributed by atoms with van der Waals surface area (Å²) >= 11 is 5.47. The summed E-state index contributed by atoms with van der Waals surface area (Å²) < 4.78 is 0. The lowest BCUT2D eigenvalue weighted by Crippen LogP contribution is -2.45. The lowest BCUT2D eigenvalue weighted by atomic mass is 9.83. The number of aliphatic hydroxyl groups is 2. The number of rotatable bonds is 5. The standard InChI is InChI=1S/C11H22ClNO2/c12-7-10(14)11(15)9(13)6-8-4-2-1-3-5-8/h8-11,14-15H,1-7,13H2/t9-,10-,11-/m0/s1. The van der Waals surface area contributed by atoms with Crippen LogP contribution in [0, 0.1) is 5.92 Å². The zero-order chi connectivity index (χ0) is 11.3. The summed E-state index contributed by atoms with van der Waals surface area (Å²) in [7, 11) is 0. The second-order valence-corrected chi connectivity index (χ2v) is 4.92. The van der Waals surface area contributed by atoms with Gasteiger partial charge in [-0.2, -0.15) is 0 Å². The minimum atomic E-state index is -0.898. The lowest BCUT2D eigenvalue weighted by Gasteiger charge is -2.28. The van der Waals surface area contributed by atoms with Crippen LogP contribution in [0.15, 0.2) is 0 Å². The van der Waals surface area contributed by atoms with Gasteiger partial charge in [-0.15, -0.1) is 11.6 Å². The zero-order valence-corrected chi connectivity index (χ0v) is 9.86. The second kappa shape index (κ2) is 6.69. The van der Waals surface area contributed by atoms with E-state index in [1.165, 1.54) is 32.1 Å². The van der Waals surface area contributed by atoms with Gasteiger partial charge in [0.2, 0.25) is 0 Å². The summed E-state index contributed by atoms with van der Waals surface area (Å²) in [6.45, 7) is 0. The molecule has 4 N–H and O–H groups in total. The summed E-state index contributed by atoms with van der Waals surface area (Å²) in [5.74, 6) is 0.658. The first kappa shape index (κ1) is 13.2. The smallest absolute Gasteiger partial charge is 0.0961 e. The molecule has 0 aromatic rings. The van der Waals surface area contributed by atoms with Crippen LogP contribution < -0.4 is 5.73 Å². The van der Waals surface area contributed by atoms with Gasteiger partial charge in [0, 0.05) is 6.04 Å². The molecule has 1 saturated carbocycles. The number of hydrogen-bond acceptors (Lipinski definition) is 3. The molecule has 0 aromatic heterocycles. The molecule has 0 aliphatic heterocycles. The topological polar surface area (TPSA) is 66.5 Å². The normalized spacial score (nSPS) is 24.8. The first-order valence-electron chi connectivity index (χ1n) is 5.82. The second-order valence-electron chi connectivity index (χ2n) is 4.62. The van der Waals surface area contributed by atoms with Crippen molar-refractivity contribution in [1.82, 2.24) is 0 Å². The van der Waals surface area contributed by atoms with Crippen LogP contribution >= 0.6 is 11.6 Å². The Morgan fingerprint density at radius 3 is 2.33 bits per heavy atom. The van der Waals surface area contributed by atoms with E-state index in [0.717, 1.165) is 6.42 Å². The predicted molar refractivity (Wildman–Crippen MR) is 61.9 cm³/mol. The van der Waals surface area contributed by atoms with Gasteiger partial charge in [0.15, 0.2) is 0 Å². The highest BCUT2D eigenvalue weighted by atomic mass is 35.5. The fraction of sp³-hybridized carbons (Fsp3) is 1.00. The Morgan fingerprint density at radius 1 is 1.20 bits per heavy atom. The van der Waals surface area contributed by atoms with Gasteiger partial charge >= 0.3 is 0 Å². The van der Waals surface area contributed by atoms with Crippen molar-refractivity contribution in [3.63, 3.8) is 0 Å². The van der Waals surface area contributed by atoms with Crippen molar-refractivity contribution in [2.24, 2.45) is 11.7 Å². The zero-order valence-electron chi connectivity index (χ0n) is 9.11. The summed E-state index contributed by atoms with van der Waals surface area (Å²) in [4.78, 5) is 0. The van der Waals surface area contributed by atoms with E-state index in [4.69, 9.17) is 17.3 Å². The summed E-state index contributed by atoms with van der Waals surface area (Å²) in [6, 6.07) is -0.346. The van der Waals surface area contributed by atoms with Gasteiger partial charge in [-0.3, -0.25) is 0 Å². The Labute approximate surface area is 96.6 Å². The summed E-state index contributed by atoms with van der Waals surface area (Å²) in [5.41, 5.74) is 5.86. The Hall–Kier alpha value is 0.170. The summed E-state index contributed by atoms with van der Waals surface area (Å²) in [5, 5.41) is 19.0. The molecule has 90 valence electrons. The van der Waals surface area contributed by atoms with Crippen molar-refractivity contribution in [3.8, 4) is 0 Å². The molecule has 0 spiro atoms. The fourth-order valence-corrected chi connectivity index (χ4v) is 2.51. The molecule has 0 bridgehead atoms. The maximum absolute atomic E-state index is 9.66. The Balaban J connectivity index is 2.29. The van der Waals surface area contributed by atoms with Gasteiger partial charge in [0.05, 0.1) is 18.1 Å². The first-order chi connectivity index (χ1) is 7.15. The predicted octanol–water partition coefficient (Wildman–Crippen LogP) is 1.24.